The molecule has 4 aliphatic rings. The molecule has 1 aromatic rings. The third-order valence-corrected chi connectivity index (χ3v) is 6.64. The van der Waals surface area contributed by atoms with Crippen molar-refractivity contribution in [3.63, 3.8) is 0 Å². The van der Waals surface area contributed by atoms with Crippen LogP contribution in [-0.2, 0) is 15.1 Å². The fourth-order valence-corrected chi connectivity index (χ4v) is 5.04. The molecule has 0 atom stereocenters. The van der Waals surface area contributed by atoms with Crippen LogP contribution in [0.4, 0.5) is 0 Å². The summed E-state index contributed by atoms with van der Waals surface area (Å²) < 4.78 is 11.1. The van der Waals surface area contributed by atoms with Crippen molar-refractivity contribution in [2.75, 3.05) is 13.2 Å². The number of ether oxygens (including phenoxy) is 1. The van der Waals surface area contributed by atoms with Crippen molar-refractivity contribution in [1.29, 1.82) is 0 Å². The maximum Gasteiger partial charge on any atom is 0.252 e. The molecule has 130 valence electrons. The summed E-state index contributed by atoms with van der Waals surface area (Å²) in [6.45, 7) is 1.25. The van der Waals surface area contributed by atoms with Gasteiger partial charge in [0.15, 0.2) is 5.82 Å². The summed E-state index contributed by atoms with van der Waals surface area (Å²) in [6.07, 6.45) is 8.58. The van der Waals surface area contributed by atoms with Gasteiger partial charge in [-0.2, -0.15) is 4.98 Å². The van der Waals surface area contributed by atoms with E-state index in [1.165, 1.54) is 25.7 Å². The van der Waals surface area contributed by atoms with E-state index in [-0.39, 0.29) is 11.8 Å². The SMILES string of the molecule is O=C(NC1(c2nc(C3CC3)no2)CCOCC1)C1C2CCC1CC2. The Hall–Kier alpha value is -1.43. The van der Waals surface area contributed by atoms with Gasteiger partial charge in [-0.3, -0.25) is 4.79 Å². The minimum Gasteiger partial charge on any atom is -0.381 e. The lowest BCUT2D eigenvalue weighted by molar-refractivity contribution is -0.130. The van der Waals surface area contributed by atoms with Crippen LogP contribution in [0, 0.1) is 17.8 Å². The van der Waals surface area contributed by atoms with Gasteiger partial charge in [-0.1, -0.05) is 5.16 Å². The molecule has 1 aromatic heterocycles. The zero-order chi connectivity index (χ0) is 16.1. The van der Waals surface area contributed by atoms with E-state index < -0.39 is 5.54 Å². The molecule has 24 heavy (non-hydrogen) atoms. The highest BCUT2D eigenvalue weighted by atomic mass is 16.5. The number of amides is 1. The van der Waals surface area contributed by atoms with Gasteiger partial charge >= 0.3 is 0 Å². The number of aromatic nitrogens is 2. The van der Waals surface area contributed by atoms with Crippen LogP contribution in [0.15, 0.2) is 4.52 Å². The van der Waals surface area contributed by atoms with Crippen LogP contribution in [0.2, 0.25) is 0 Å². The Morgan fingerprint density at radius 1 is 1.04 bits per heavy atom. The smallest absolute Gasteiger partial charge is 0.252 e. The van der Waals surface area contributed by atoms with Crippen molar-refractivity contribution in [3.05, 3.63) is 11.7 Å². The first-order valence-corrected chi connectivity index (χ1v) is 9.49. The first-order chi connectivity index (χ1) is 11.8. The van der Waals surface area contributed by atoms with Crippen LogP contribution in [0.3, 0.4) is 0 Å². The van der Waals surface area contributed by atoms with Gasteiger partial charge in [0.2, 0.25) is 5.91 Å². The molecule has 3 aliphatic carbocycles. The average Bonchev–Trinajstić information content (AvgIpc) is 3.06. The van der Waals surface area contributed by atoms with Crippen molar-refractivity contribution in [2.24, 2.45) is 17.8 Å². The van der Waals surface area contributed by atoms with Crippen LogP contribution < -0.4 is 5.32 Å². The monoisotopic (exact) mass is 331 g/mol. The first-order valence-electron chi connectivity index (χ1n) is 9.49. The van der Waals surface area contributed by atoms with Gasteiger partial charge in [0.25, 0.3) is 5.89 Å². The second-order valence-electron chi connectivity index (χ2n) is 8.12. The van der Waals surface area contributed by atoms with E-state index in [0.717, 1.165) is 18.7 Å². The molecule has 4 fully saturated rings. The summed E-state index contributed by atoms with van der Waals surface area (Å²) in [5.41, 5.74) is -0.530. The normalized spacial score (nSPS) is 34.4. The molecule has 0 spiro atoms. The largest absolute Gasteiger partial charge is 0.381 e. The maximum atomic E-state index is 13.1. The van der Waals surface area contributed by atoms with Crippen molar-refractivity contribution in [1.82, 2.24) is 15.5 Å². The second kappa shape index (κ2) is 5.55. The molecule has 1 N–H and O–H groups in total. The quantitative estimate of drug-likeness (QED) is 0.917. The van der Waals surface area contributed by atoms with Gasteiger partial charge in [0.05, 0.1) is 0 Å². The molecular formula is C18H25N3O3. The average molecular weight is 331 g/mol. The number of hydrogen-bond donors (Lipinski definition) is 1. The van der Waals surface area contributed by atoms with E-state index >= 15 is 0 Å². The van der Waals surface area contributed by atoms with Crippen LogP contribution >= 0.6 is 0 Å². The Morgan fingerprint density at radius 3 is 2.33 bits per heavy atom. The zero-order valence-electron chi connectivity index (χ0n) is 14.0. The van der Waals surface area contributed by atoms with Gasteiger partial charge in [0, 0.05) is 37.9 Å². The molecule has 1 amide bonds. The number of nitrogens with zero attached hydrogens (tertiary/aromatic N) is 2. The predicted molar refractivity (Wildman–Crippen MR) is 85.1 cm³/mol. The molecule has 0 radical (unpaired) electrons. The van der Waals surface area contributed by atoms with E-state index in [1.54, 1.807) is 0 Å². The van der Waals surface area contributed by atoms with E-state index in [0.29, 0.717) is 49.7 Å². The highest BCUT2D eigenvalue weighted by molar-refractivity contribution is 5.81. The lowest BCUT2D eigenvalue weighted by Crippen LogP contribution is -2.52. The van der Waals surface area contributed by atoms with Crippen LogP contribution in [-0.4, -0.2) is 29.3 Å². The Morgan fingerprint density at radius 2 is 1.71 bits per heavy atom. The van der Waals surface area contributed by atoms with E-state index in [2.05, 4.69) is 15.5 Å². The van der Waals surface area contributed by atoms with Crippen LogP contribution in [0.5, 0.6) is 0 Å². The lowest BCUT2D eigenvalue weighted by Gasteiger charge is -2.36. The third-order valence-electron chi connectivity index (χ3n) is 6.64. The van der Waals surface area contributed by atoms with E-state index in [1.807, 2.05) is 0 Å². The summed E-state index contributed by atoms with van der Waals surface area (Å²) >= 11 is 0. The molecule has 1 aliphatic heterocycles. The van der Waals surface area contributed by atoms with Gasteiger partial charge < -0.3 is 14.6 Å². The second-order valence-corrected chi connectivity index (χ2v) is 8.12. The molecule has 5 rings (SSSR count). The molecule has 6 heteroatoms. The number of carbonyl (C=O) groups is 1. The predicted octanol–water partition coefficient (Wildman–Crippen LogP) is 2.51. The number of hydrogen-bond acceptors (Lipinski definition) is 5. The summed E-state index contributed by atoms with van der Waals surface area (Å²) in [5.74, 6) is 3.41. The Labute approximate surface area is 141 Å². The summed E-state index contributed by atoms with van der Waals surface area (Å²) in [5, 5.41) is 7.52. The van der Waals surface area contributed by atoms with Crippen molar-refractivity contribution in [3.8, 4) is 0 Å². The fourth-order valence-electron chi connectivity index (χ4n) is 5.04. The minimum atomic E-state index is -0.530. The molecule has 2 bridgehead atoms. The number of nitrogens with one attached hydrogen (secondary N) is 1. The highest BCUT2D eigenvalue weighted by Crippen LogP contribution is 2.50. The molecule has 0 aromatic carbocycles. The topological polar surface area (TPSA) is 77.3 Å². The minimum absolute atomic E-state index is 0.190. The zero-order valence-corrected chi connectivity index (χ0v) is 14.0. The first kappa shape index (κ1) is 14.9. The van der Waals surface area contributed by atoms with Crippen LogP contribution in [0.25, 0.3) is 0 Å². The third kappa shape index (κ3) is 2.38. The lowest BCUT2D eigenvalue weighted by atomic mass is 9.87. The molecule has 6 nitrogen and oxygen atoms in total. The number of fused-ring (bicyclic) bond motifs is 2. The van der Waals surface area contributed by atoms with Gasteiger partial charge in [-0.15, -0.1) is 0 Å². The van der Waals surface area contributed by atoms with Crippen molar-refractivity contribution < 1.29 is 14.1 Å². The Balaban J connectivity index is 1.40. The summed E-state index contributed by atoms with van der Waals surface area (Å²) in [7, 11) is 0. The van der Waals surface area contributed by atoms with Gasteiger partial charge in [-0.05, 0) is 50.4 Å². The highest BCUT2D eigenvalue weighted by Gasteiger charge is 2.49. The summed E-state index contributed by atoms with van der Waals surface area (Å²) in [6, 6.07) is 0. The van der Waals surface area contributed by atoms with Crippen molar-refractivity contribution >= 4 is 5.91 Å². The van der Waals surface area contributed by atoms with Gasteiger partial charge in [0.1, 0.15) is 5.54 Å². The number of carbonyl (C=O) groups excluding carboxylic acids is 1. The van der Waals surface area contributed by atoms with Crippen molar-refractivity contribution in [2.45, 2.75) is 62.8 Å². The Bertz CT molecular complexity index is 613. The molecule has 2 heterocycles. The number of rotatable bonds is 4. The molecule has 1 saturated heterocycles. The maximum absolute atomic E-state index is 13.1. The standard InChI is InChI=1S/C18H25N3O3/c22-16(14-11-1-2-12(14)4-3-11)20-18(7-9-23-10-8-18)17-19-15(21-24-17)13-5-6-13/h11-14H,1-10H2,(H,20,22). The van der Waals surface area contributed by atoms with Crippen LogP contribution in [0.1, 0.15) is 69.0 Å². The summed E-state index contributed by atoms with van der Waals surface area (Å²) in [4.78, 5) is 17.7. The molecule has 3 saturated carbocycles. The molecular weight excluding hydrogens is 306 g/mol. The Kier molecular flexibility index (Phi) is 3.44. The van der Waals surface area contributed by atoms with E-state index in [4.69, 9.17) is 9.26 Å². The molecule has 0 unspecified atom stereocenters. The van der Waals surface area contributed by atoms with Gasteiger partial charge in [-0.25, -0.2) is 0 Å². The van der Waals surface area contributed by atoms with E-state index in [9.17, 15) is 4.79 Å². The fraction of sp³-hybridized carbons (Fsp3) is 0.833.